The minimum atomic E-state index is -2.75. The highest BCUT2D eigenvalue weighted by Crippen LogP contribution is 2.36. The van der Waals surface area contributed by atoms with Crippen LogP contribution >= 0.6 is 15.9 Å². The van der Waals surface area contributed by atoms with Crippen LogP contribution < -0.4 is 10.9 Å². The third-order valence-electron chi connectivity index (χ3n) is 7.33. The van der Waals surface area contributed by atoms with E-state index in [0.29, 0.717) is 25.9 Å². The Kier molecular flexibility index (Phi) is 8.96. The first-order valence-electron chi connectivity index (χ1n) is 12.6. The molecule has 1 amide bonds. The van der Waals surface area contributed by atoms with E-state index >= 15 is 0 Å². The van der Waals surface area contributed by atoms with Gasteiger partial charge in [-0.1, -0.05) is 22.0 Å². The van der Waals surface area contributed by atoms with Crippen LogP contribution in [0, 0.1) is 12.8 Å². The van der Waals surface area contributed by atoms with Crippen molar-refractivity contribution in [2.75, 3.05) is 19.7 Å². The zero-order valence-electron chi connectivity index (χ0n) is 20.8. The molecule has 196 valence electrons. The second kappa shape index (κ2) is 12.0. The number of hydrogen-bond donors (Lipinski definition) is 1. The fourth-order valence-corrected chi connectivity index (χ4v) is 5.63. The zero-order chi connectivity index (χ0) is 25.8. The van der Waals surface area contributed by atoms with Crippen LogP contribution in [0.4, 0.5) is 8.78 Å². The van der Waals surface area contributed by atoms with Crippen LogP contribution in [0.1, 0.15) is 53.9 Å². The molecule has 0 unspecified atom stereocenters. The summed E-state index contributed by atoms with van der Waals surface area (Å²) in [5.74, 6) is -0.102. The molecule has 1 N–H and O–H groups in total. The fraction of sp³-hybridized carbons (Fsp3) is 0.556. The zero-order valence-corrected chi connectivity index (χ0v) is 22.4. The van der Waals surface area contributed by atoms with E-state index in [2.05, 4.69) is 38.1 Å². The molecule has 2 fully saturated rings. The van der Waals surface area contributed by atoms with Gasteiger partial charge in [-0.3, -0.25) is 9.59 Å². The van der Waals surface area contributed by atoms with Gasteiger partial charge in [-0.2, -0.15) is 8.78 Å². The highest BCUT2D eigenvalue weighted by molar-refractivity contribution is 9.10. The summed E-state index contributed by atoms with van der Waals surface area (Å²) < 4.78 is 31.5. The van der Waals surface area contributed by atoms with Crippen molar-refractivity contribution in [2.45, 2.75) is 64.1 Å². The van der Waals surface area contributed by atoms with Gasteiger partial charge in [0, 0.05) is 42.9 Å². The van der Waals surface area contributed by atoms with Crippen molar-refractivity contribution >= 4 is 21.8 Å². The average Bonchev–Trinajstić information content (AvgIpc) is 3.69. The summed E-state index contributed by atoms with van der Waals surface area (Å²) in [5.41, 5.74) is 4.03. The largest absolute Gasteiger partial charge is 0.345 e. The van der Waals surface area contributed by atoms with Crippen LogP contribution in [-0.2, 0) is 29.5 Å². The Morgan fingerprint density at radius 1 is 1.28 bits per heavy atom. The average molecular weight is 566 g/mol. The second-order valence-electron chi connectivity index (χ2n) is 9.91. The lowest BCUT2D eigenvalue weighted by Crippen LogP contribution is -2.47. The van der Waals surface area contributed by atoms with E-state index < -0.39 is 6.61 Å². The van der Waals surface area contributed by atoms with Gasteiger partial charge in [0.15, 0.2) is 0 Å². The van der Waals surface area contributed by atoms with Gasteiger partial charge in [-0.15, -0.1) is 0 Å². The molecule has 1 saturated carbocycles. The topological polar surface area (TPSA) is 63.6 Å². The van der Waals surface area contributed by atoms with Gasteiger partial charge in [0.25, 0.3) is 5.56 Å². The van der Waals surface area contributed by atoms with Gasteiger partial charge in [-0.25, -0.2) is 0 Å². The maximum atomic E-state index is 13.9. The maximum Gasteiger partial charge on any atom is 0.345 e. The smallest absolute Gasteiger partial charge is 0.335 e. The Morgan fingerprint density at radius 3 is 2.75 bits per heavy atom. The third-order valence-corrected chi connectivity index (χ3v) is 8.15. The lowest BCUT2D eigenvalue weighted by Gasteiger charge is -2.36. The van der Waals surface area contributed by atoms with Crippen molar-refractivity contribution in [3.63, 3.8) is 0 Å². The van der Waals surface area contributed by atoms with E-state index in [0.717, 1.165) is 52.5 Å². The van der Waals surface area contributed by atoms with Gasteiger partial charge in [-0.05, 0) is 85.9 Å². The number of carbonyl (C=O) groups excluding carboxylic acids is 1. The number of piperidine rings is 1. The number of aromatic nitrogens is 1. The predicted octanol–water partition coefficient (Wildman–Crippen LogP) is 4.51. The summed E-state index contributed by atoms with van der Waals surface area (Å²) in [4.78, 5) is 28.2. The number of nitrogens with zero attached hydrogens (tertiary/aromatic N) is 2. The van der Waals surface area contributed by atoms with Crippen LogP contribution in [0.5, 0.6) is 0 Å². The standard InChI is InChI=1S/C27H34BrF2N3O3/c1-17-19(4-3-11-36-27(29)30)12-18(13-24(17)28)16-33(21-5-6-21)26(35)23-15-31-9-7-22(23)20-8-10-32(2)25(34)14-20/h8,10,12-14,21-23,27,31H,3-7,9,11,15-16H2,1-2H3/t22-,23+/m0/s1. The Hall–Kier alpha value is -2.10. The van der Waals surface area contributed by atoms with Gasteiger partial charge >= 0.3 is 6.61 Å². The molecule has 1 aromatic carbocycles. The number of hydrogen-bond acceptors (Lipinski definition) is 4. The number of nitrogens with one attached hydrogen (secondary N) is 1. The van der Waals surface area contributed by atoms with E-state index in [9.17, 15) is 18.4 Å². The van der Waals surface area contributed by atoms with Gasteiger partial charge in [0.05, 0.1) is 12.5 Å². The van der Waals surface area contributed by atoms with Crippen LogP contribution in [0.25, 0.3) is 0 Å². The van der Waals surface area contributed by atoms with E-state index in [4.69, 9.17) is 0 Å². The van der Waals surface area contributed by atoms with Crippen molar-refractivity contribution in [3.05, 3.63) is 67.5 Å². The molecular formula is C27H34BrF2N3O3. The lowest BCUT2D eigenvalue weighted by atomic mass is 9.80. The summed E-state index contributed by atoms with van der Waals surface area (Å²) in [5, 5.41) is 3.38. The number of amides is 1. The van der Waals surface area contributed by atoms with Crippen LogP contribution in [0.2, 0.25) is 0 Å². The van der Waals surface area contributed by atoms with Crippen molar-refractivity contribution in [1.82, 2.24) is 14.8 Å². The van der Waals surface area contributed by atoms with E-state index in [1.54, 1.807) is 23.9 Å². The fourth-order valence-electron chi connectivity index (χ4n) is 5.08. The molecule has 1 saturated heterocycles. The summed E-state index contributed by atoms with van der Waals surface area (Å²) >= 11 is 3.64. The van der Waals surface area contributed by atoms with Gasteiger partial charge in [0.2, 0.25) is 5.91 Å². The van der Waals surface area contributed by atoms with Crippen LogP contribution in [0.3, 0.4) is 0 Å². The number of rotatable bonds is 10. The number of halogens is 3. The number of aryl methyl sites for hydroxylation is 2. The molecule has 0 radical (unpaired) electrons. The Balaban J connectivity index is 1.52. The van der Waals surface area contributed by atoms with Crippen molar-refractivity contribution in [2.24, 2.45) is 13.0 Å². The summed E-state index contributed by atoms with van der Waals surface area (Å²) in [6, 6.07) is 7.99. The lowest BCUT2D eigenvalue weighted by molar-refractivity contribution is -0.138. The molecule has 4 rings (SSSR count). The molecule has 1 aromatic heterocycles. The molecular weight excluding hydrogens is 532 g/mol. The Labute approximate surface area is 219 Å². The van der Waals surface area contributed by atoms with E-state index in [1.165, 1.54) is 0 Å². The number of alkyl halides is 2. The van der Waals surface area contributed by atoms with Crippen molar-refractivity contribution < 1.29 is 18.3 Å². The first-order valence-corrected chi connectivity index (χ1v) is 13.4. The normalized spacial score (nSPS) is 20.1. The molecule has 2 atom stereocenters. The number of carbonyl (C=O) groups is 1. The SMILES string of the molecule is Cc1c(Br)cc(CN(C(=O)[C@@H]2CNCC[C@H]2c2ccn(C)c(=O)c2)C2CC2)cc1CCCOC(F)F. The third kappa shape index (κ3) is 6.61. The van der Waals surface area contributed by atoms with Crippen LogP contribution in [-0.4, -0.2) is 47.7 Å². The Bertz CT molecular complexity index is 1140. The first-order chi connectivity index (χ1) is 17.2. The van der Waals surface area contributed by atoms with Crippen molar-refractivity contribution in [1.29, 1.82) is 0 Å². The van der Waals surface area contributed by atoms with E-state index in [-0.39, 0.29) is 36.0 Å². The molecule has 2 heterocycles. The molecule has 2 aliphatic rings. The van der Waals surface area contributed by atoms with Gasteiger partial charge < -0.3 is 19.5 Å². The molecule has 6 nitrogen and oxygen atoms in total. The van der Waals surface area contributed by atoms with Crippen molar-refractivity contribution in [3.8, 4) is 0 Å². The number of pyridine rings is 1. The molecule has 36 heavy (non-hydrogen) atoms. The minimum Gasteiger partial charge on any atom is -0.335 e. The first kappa shape index (κ1) is 26.9. The quantitative estimate of drug-likeness (QED) is 0.430. The Morgan fingerprint density at radius 2 is 2.06 bits per heavy atom. The molecule has 1 aliphatic carbocycles. The second-order valence-corrected chi connectivity index (χ2v) is 10.8. The predicted molar refractivity (Wildman–Crippen MR) is 138 cm³/mol. The molecule has 1 aliphatic heterocycles. The molecule has 2 aromatic rings. The molecule has 0 bridgehead atoms. The van der Waals surface area contributed by atoms with E-state index in [1.807, 2.05) is 17.9 Å². The van der Waals surface area contributed by atoms with Gasteiger partial charge in [0.1, 0.15) is 0 Å². The summed E-state index contributed by atoms with van der Waals surface area (Å²) in [6.07, 6.45) is 5.69. The highest BCUT2D eigenvalue weighted by Gasteiger charge is 2.40. The van der Waals surface area contributed by atoms with Crippen LogP contribution in [0.15, 0.2) is 39.7 Å². The molecule has 9 heteroatoms. The monoisotopic (exact) mass is 565 g/mol. The number of benzene rings is 1. The summed E-state index contributed by atoms with van der Waals surface area (Å²) in [6.45, 7) is 1.17. The molecule has 0 spiro atoms. The minimum absolute atomic E-state index is 0.00375. The number of ether oxygens (including phenoxy) is 1. The maximum absolute atomic E-state index is 13.9. The highest BCUT2D eigenvalue weighted by atomic mass is 79.9. The summed E-state index contributed by atoms with van der Waals surface area (Å²) in [7, 11) is 1.73.